The van der Waals surface area contributed by atoms with Crippen LogP contribution in [0.25, 0.3) is 44.5 Å². The van der Waals surface area contributed by atoms with E-state index in [0.717, 1.165) is 83.8 Å². The van der Waals surface area contributed by atoms with E-state index < -0.39 is 15.6 Å². The SMILES string of the molecule is Nc1ccc2c(c1)C1(c3ccccc3-c3ccccc31)c1ccccc1-2.O=S(=O)(Oc1ccc(C23CC4CC(CC(C4)C2)C3)cc1)C(F)(F)F.c1ccc2c(c1)-c1ccccc1C21c2ccccc2-c2ccc(N(c3ccc(C45CC6CC(CC(C6)C4)C5)cc3)c3ccc(C45CC6CC(CC(C6)C4)C5)cc3)cc21. The number of nitrogen functional groups attached to an aromatic ring is 1. The number of alkyl halides is 3. The van der Waals surface area contributed by atoms with Gasteiger partial charge in [-0.3, -0.25) is 0 Å². The molecule has 5 nitrogen and oxygen atoms in total. The van der Waals surface area contributed by atoms with Gasteiger partial charge in [-0.15, -0.1) is 0 Å². The van der Waals surface area contributed by atoms with Crippen molar-refractivity contribution in [1.29, 1.82) is 0 Å². The molecule has 540 valence electrons. The highest BCUT2D eigenvalue weighted by molar-refractivity contribution is 7.88. The van der Waals surface area contributed by atoms with Crippen LogP contribution in [-0.4, -0.2) is 13.9 Å². The number of hydrogen-bond acceptors (Lipinski definition) is 5. The van der Waals surface area contributed by atoms with Gasteiger partial charge in [0.2, 0.25) is 0 Å². The fraction of sp³-hybridized carbons (Fsp3) is 0.333. The highest BCUT2D eigenvalue weighted by atomic mass is 32.2. The molecule has 0 saturated heterocycles. The van der Waals surface area contributed by atoms with E-state index >= 15 is 0 Å². The molecule has 0 unspecified atom stereocenters. The Morgan fingerprint density at radius 2 is 0.556 bits per heavy atom. The molecule has 0 amide bonds. The van der Waals surface area contributed by atoms with Gasteiger partial charge in [-0.25, -0.2) is 0 Å². The lowest BCUT2D eigenvalue weighted by Gasteiger charge is -2.57. The van der Waals surface area contributed by atoms with Crippen LogP contribution in [0.4, 0.5) is 35.9 Å². The minimum atomic E-state index is -5.61. The van der Waals surface area contributed by atoms with E-state index in [2.05, 4.69) is 234 Å². The molecule has 2 spiro atoms. The van der Waals surface area contributed by atoms with Gasteiger partial charge >= 0.3 is 15.6 Å². The number of hydrogen-bond donors (Lipinski definition) is 1. The number of nitrogens with zero attached hydrogens (tertiary/aromatic N) is 1. The van der Waals surface area contributed by atoms with Crippen LogP contribution in [0.1, 0.15) is 177 Å². The fourth-order valence-corrected chi connectivity index (χ4v) is 27.6. The number of benzene rings is 11. The second-order valence-corrected chi connectivity index (χ2v) is 37.4. The number of anilines is 4. The predicted molar refractivity (Wildman–Crippen MR) is 426 cm³/mol. The smallest absolute Gasteiger partial charge is 0.399 e. The second-order valence-electron chi connectivity index (χ2n) is 35.8. The minimum absolute atomic E-state index is 0.121. The first-order valence-corrected chi connectivity index (χ1v) is 41.7. The summed E-state index contributed by atoms with van der Waals surface area (Å²) in [6.45, 7) is 0. The van der Waals surface area contributed by atoms with Crippen LogP contribution in [0.3, 0.4) is 0 Å². The predicted octanol–water partition coefficient (Wildman–Crippen LogP) is 24.4. The minimum Gasteiger partial charge on any atom is -0.399 e. The summed E-state index contributed by atoms with van der Waals surface area (Å²) in [6, 6.07) is 94.2. The summed E-state index contributed by atoms with van der Waals surface area (Å²) in [7, 11) is -5.61. The van der Waals surface area contributed by atoms with Crippen molar-refractivity contribution in [2.45, 2.75) is 148 Å². The van der Waals surface area contributed by atoms with E-state index in [4.69, 9.17) is 5.73 Å². The van der Waals surface area contributed by atoms with Crippen molar-refractivity contribution >= 4 is 32.9 Å². The first-order chi connectivity index (χ1) is 52.5. The largest absolute Gasteiger partial charge is 0.534 e. The third-order valence-corrected chi connectivity index (χ3v) is 30.8. The van der Waals surface area contributed by atoms with E-state index in [-0.39, 0.29) is 22.0 Å². The van der Waals surface area contributed by atoms with Gasteiger partial charge in [0, 0.05) is 22.7 Å². The Kier molecular flexibility index (Phi) is 14.5. The molecule has 16 aliphatic carbocycles. The summed E-state index contributed by atoms with van der Waals surface area (Å²) < 4.78 is 63.5. The lowest BCUT2D eigenvalue weighted by molar-refractivity contribution is -0.0500. The van der Waals surface area contributed by atoms with Crippen molar-refractivity contribution in [3.05, 3.63) is 316 Å². The third kappa shape index (κ3) is 9.70. The summed E-state index contributed by atoms with van der Waals surface area (Å²) in [6.07, 6.45) is 24.7. The number of nitrogens with two attached hydrogens (primary N) is 1. The Morgan fingerprint density at radius 1 is 0.306 bits per heavy atom. The molecule has 12 bridgehead atoms. The van der Waals surface area contributed by atoms with Gasteiger partial charge in [-0.1, -0.05) is 194 Å². The van der Waals surface area contributed by atoms with Crippen LogP contribution in [0.5, 0.6) is 5.75 Å². The molecule has 0 atom stereocenters. The lowest BCUT2D eigenvalue weighted by Crippen LogP contribution is -2.48. The summed E-state index contributed by atoms with van der Waals surface area (Å²) in [5, 5.41) is 0. The van der Waals surface area contributed by atoms with E-state index in [1.807, 2.05) is 6.07 Å². The zero-order valence-electron chi connectivity index (χ0n) is 61.0. The standard InChI is InChI=1S/C57H53N.C25H17N.C17H19F3O3S/c1-4-10-51-47(7-1)48-8-2-5-11-52(48)57(51)53-12-6-3-9-49(53)50-22-21-46(29-54(50)57)58(44-17-13-42(14-18-44)55-30-36-23-37(31-55)25-38(24-36)32-55)45-19-15-43(16-20-45)56-33-39-26-40(34-56)28-41(27-39)35-56;26-16-13-14-20-19-9-3-6-12-23(19)25(24(20)15-16)21-10-4-1-7-17(21)18-8-2-5-11-22(18)25;18-17(19,20)24(21,22)23-15-3-1-14(2-4-15)16-8-11-5-12(9-16)7-13(6-11)10-16/h1-22,29,36-41H,23-28,30-35H2;1-15H,26H2;1-4,11-13H,5-10H2. The molecule has 2 N–H and O–H groups in total. The topological polar surface area (TPSA) is 72.6 Å². The molecule has 11 aromatic carbocycles. The van der Waals surface area contributed by atoms with E-state index in [0.29, 0.717) is 10.8 Å². The van der Waals surface area contributed by atoms with Gasteiger partial charge in [-0.2, -0.15) is 21.6 Å². The Balaban J connectivity index is 0.000000119. The van der Waals surface area contributed by atoms with Crippen molar-refractivity contribution < 1.29 is 25.8 Å². The van der Waals surface area contributed by atoms with Gasteiger partial charge < -0.3 is 14.8 Å². The zero-order valence-corrected chi connectivity index (χ0v) is 61.8. The molecule has 0 heterocycles. The van der Waals surface area contributed by atoms with E-state index in [1.54, 1.807) is 23.3 Å². The Bertz CT molecular complexity index is 5280. The molecular weight excluding hydrogens is 1350 g/mol. The Morgan fingerprint density at radius 3 is 0.852 bits per heavy atom. The number of halogens is 3. The van der Waals surface area contributed by atoms with Crippen molar-refractivity contribution in [2.75, 3.05) is 10.6 Å². The zero-order chi connectivity index (χ0) is 72.3. The van der Waals surface area contributed by atoms with Crippen LogP contribution in [0.15, 0.2) is 255 Å². The maximum Gasteiger partial charge on any atom is 0.534 e. The third-order valence-electron chi connectivity index (χ3n) is 29.8. The molecule has 12 fully saturated rings. The maximum absolute atomic E-state index is 12.4. The molecule has 108 heavy (non-hydrogen) atoms. The fourth-order valence-electron chi connectivity index (χ4n) is 27.1. The molecule has 0 radical (unpaired) electrons. The van der Waals surface area contributed by atoms with Gasteiger partial charge in [-0.05, 0) is 351 Å². The highest BCUT2D eigenvalue weighted by Gasteiger charge is 2.57. The summed E-state index contributed by atoms with van der Waals surface area (Å²) in [4.78, 5) is 2.59. The van der Waals surface area contributed by atoms with Crippen molar-refractivity contribution in [2.24, 2.45) is 53.3 Å². The quantitative estimate of drug-likeness (QED) is 0.0932. The molecule has 16 aliphatic rings. The number of rotatable bonds is 8. The molecule has 9 heteroatoms. The van der Waals surface area contributed by atoms with E-state index in [1.165, 1.54) is 215 Å². The van der Waals surface area contributed by atoms with Crippen LogP contribution in [-0.2, 0) is 37.2 Å². The summed E-state index contributed by atoms with van der Waals surface area (Å²) in [5.41, 5.74) is 31.8. The van der Waals surface area contributed by atoms with E-state index in [9.17, 15) is 21.6 Å². The maximum atomic E-state index is 12.4. The molecule has 0 aliphatic heterocycles. The first kappa shape index (κ1) is 65.6. The van der Waals surface area contributed by atoms with Crippen LogP contribution in [0, 0.1) is 53.3 Å². The summed E-state index contributed by atoms with van der Waals surface area (Å²) >= 11 is 0. The van der Waals surface area contributed by atoms with Crippen LogP contribution < -0.4 is 14.8 Å². The lowest BCUT2D eigenvalue weighted by atomic mass is 9.48. The molecular formula is C99H89F3N2O3S. The van der Waals surface area contributed by atoms with Crippen LogP contribution in [0.2, 0.25) is 0 Å². The van der Waals surface area contributed by atoms with Crippen molar-refractivity contribution in [3.63, 3.8) is 0 Å². The Labute approximate surface area is 633 Å². The molecule has 0 aromatic heterocycles. The average Bonchev–Trinajstić information content (AvgIpc) is 1.51. The highest BCUT2D eigenvalue weighted by Crippen LogP contribution is 2.68. The van der Waals surface area contributed by atoms with Gasteiger partial charge in [0.15, 0.2) is 0 Å². The normalized spacial score (nSPS) is 28.5. The van der Waals surface area contributed by atoms with Crippen molar-refractivity contribution in [1.82, 2.24) is 0 Å². The molecule has 11 aromatic rings. The van der Waals surface area contributed by atoms with Crippen molar-refractivity contribution in [3.8, 4) is 50.3 Å². The Hall–Kier alpha value is -9.44. The summed E-state index contributed by atoms with van der Waals surface area (Å²) in [5.74, 6) is 7.68. The number of fused-ring (bicyclic) bond motifs is 20. The van der Waals surface area contributed by atoms with Crippen LogP contribution >= 0.6 is 0 Å². The first-order valence-electron chi connectivity index (χ1n) is 40.3. The van der Waals surface area contributed by atoms with Gasteiger partial charge in [0.1, 0.15) is 5.75 Å². The second kappa shape index (κ2) is 23.8. The average molecular weight is 1440 g/mol. The molecule has 12 saturated carbocycles. The van der Waals surface area contributed by atoms with Gasteiger partial charge in [0.25, 0.3) is 0 Å². The van der Waals surface area contributed by atoms with Gasteiger partial charge in [0.05, 0.1) is 10.8 Å². The molecule has 27 rings (SSSR count). The monoisotopic (exact) mass is 1440 g/mol.